The van der Waals surface area contributed by atoms with Crippen molar-refractivity contribution < 1.29 is 27.5 Å². The number of carbonyl (C=O) groups excluding carboxylic acids is 2. The van der Waals surface area contributed by atoms with Crippen LogP contribution in [0.2, 0.25) is 0 Å². The first-order valence-corrected chi connectivity index (χ1v) is 14.9. The van der Waals surface area contributed by atoms with Crippen LogP contribution in [0, 0.1) is 11.3 Å². The molecule has 2 aromatic carbocycles. The average molecular weight is 581 g/mol. The van der Waals surface area contributed by atoms with Gasteiger partial charge in [0.1, 0.15) is 11.5 Å². The number of sulfonamides is 1. The summed E-state index contributed by atoms with van der Waals surface area (Å²) in [7, 11) is -1.45. The molecule has 1 heterocycles. The Labute approximate surface area is 241 Å². The number of methoxy groups -OCH3 is 2. The molecule has 41 heavy (non-hydrogen) atoms. The number of hydrogen-bond donors (Lipinski definition) is 1. The minimum Gasteiger partial charge on any atom is -0.466 e. The lowest BCUT2D eigenvalue weighted by molar-refractivity contribution is -0.139. The Morgan fingerprint density at radius 2 is 1.51 bits per heavy atom. The highest BCUT2D eigenvalue weighted by atomic mass is 32.2. The quantitative estimate of drug-likeness (QED) is 0.366. The third kappa shape index (κ3) is 6.45. The molecule has 0 saturated heterocycles. The summed E-state index contributed by atoms with van der Waals surface area (Å²) >= 11 is 0. The fourth-order valence-corrected chi connectivity index (χ4v) is 6.24. The van der Waals surface area contributed by atoms with Crippen molar-refractivity contribution in [2.75, 3.05) is 32.2 Å². The topological polar surface area (TPSA) is 143 Å². The van der Waals surface area contributed by atoms with Crippen LogP contribution in [0.5, 0.6) is 0 Å². The molecule has 0 spiro atoms. The SMILES string of the molecule is CCCCN(CCCC)S(=O)(=O)c1ccc(N2C(N)=C(C#N)C(c3ccccc3)C(C(=O)OC)=C2C(=O)OC)cc1. The molecule has 2 N–H and O–H groups in total. The number of carbonyl (C=O) groups is 2. The summed E-state index contributed by atoms with van der Waals surface area (Å²) in [6.45, 7) is 4.82. The molecular formula is C30H36N4O6S. The first-order valence-electron chi connectivity index (χ1n) is 13.4. The van der Waals surface area contributed by atoms with Gasteiger partial charge in [0.25, 0.3) is 0 Å². The molecule has 218 valence electrons. The molecule has 10 nitrogen and oxygen atoms in total. The number of nitriles is 1. The normalized spacial score (nSPS) is 15.6. The molecular weight excluding hydrogens is 544 g/mol. The molecule has 1 aliphatic heterocycles. The Bertz CT molecular complexity index is 1450. The largest absolute Gasteiger partial charge is 0.466 e. The second-order valence-corrected chi connectivity index (χ2v) is 11.4. The van der Waals surface area contributed by atoms with Crippen LogP contribution in [0.3, 0.4) is 0 Å². The van der Waals surface area contributed by atoms with E-state index in [1.165, 1.54) is 40.6 Å². The number of nitrogens with zero attached hydrogens (tertiary/aromatic N) is 3. The highest BCUT2D eigenvalue weighted by Crippen LogP contribution is 2.43. The fourth-order valence-electron chi connectivity index (χ4n) is 4.72. The van der Waals surface area contributed by atoms with Crippen molar-refractivity contribution in [3.63, 3.8) is 0 Å². The van der Waals surface area contributed by atoms with Gasteiger partial charge in [-0.3, -0.25) is 4.90 Å². The predicted molar refractivity (Wildman–Crippen MR) is 155 cm³/mol. The standard InChI is InChI=1S/C30H36N4O6S/c1-5-7-18-33(19-8-6-2)41(37,38)23-16-14-22(15-17-23)34-27(30(36)40-4)26(29(35)39-3)25(24(20-31)28(34)32)21-12-10-9-11-13-21/h9-17,25H,5-8,18-19,32H2,1-4H3. The number of ether oxygens (including phenoxy) is 2. The van der Waals surface area contributed by atoms with Gasteiger partial charge < -0.3 is 15.2 Å². The molecule has 2 aromatic rings. The summed E-state index contributed by atoms with van der Waals surface area (Å²) in [5, 5.41) is 10.2. The van der Waals surface area contributed by atoms with Crippen LogP contribution in [0.4, 0.5) is 5.69 Å². The molecule has 0 aliphatic carbocycles. The molecule has 11 heteroatoms. The summed E-state index contributed by atoms with van der Waals surface area (Å²) in [6, 6.07) is 16.6. The summed E-state index contributed by atoms with van der Waals surface area (Å²) in [5.41, 5.74) is 7.00. The third-order valence-corrected chi connectivity index (χ3v) is 8.78. The van der Waals surface area contributed by atoms with Gasteiger partial charge in [-0.25, -0.2) is 18.0 Å². The van der Waals surface area contributed by atoms with Crippen LogP contribution in [-0.4, -0.2) is 52.0 Å². The fraction of sp³-hybridized carbons (Fsp3) is 0.367. The van der Waals surface area contributed by atoms with Crippen LogP contribution >= 0.6 is 0 Å². The molecule has 0 radical (unpaired) electrons. The second kappa shape index (κ2) is 14.0. The smallest absolute Gasteiger partial charge is 0.355 e. The summed E-state index contributed by atoms with van der Waals surface area (Å²) < 4.78 is 38.5. The number of hydrogen-bond acceptors (Lipinski definition) is 9. The van der Waals surface area contributed by atoms with E-state index >= 15 is 0 Å². The van der Waals surface area contributed by atoms with E-state index in [4.69, 9.17) is 15.2 Å². The third-order valence-electron chi connectivity index (χ3n) is 6.87. The van der Waals surface area contributed by atoms with Gasteiger partial charge in [0.15, 0.2) is 0 Å². The zero-order valence-corrected chi connectivity index (χ0v) is 24.6. The molecule has 1 atom stereocenters. The first-order chi connectivity index (χ1) is 19.7. The number of benzene rings is 2. The molecule has 1 aliphatic rings. The maximum atomic E-state index is 13.5. The molecule has 0 fully saturated rings. The lowest BCUT2D eigenvalue weighted by atomic mass is 9.81. The second-order valence-electron chi connectivity index (χ2n) is 9.44. The van der Waals surface area contributed by atoms with Gasteiger partial charge in [-0.1, -0.05) is 57.0 Å². The van der Waals surface area contributed by atoms with Gasteiger partial charge in [-0.05, 0) is 42.7 Å². The Morgan fingerprint density at radius 3 is 2.00 bits per heavy atom. The van der Waals surface area contributed by atoms with Crippen LogP contribution < -0.4 is 10.6 Å². The Hall–Kier alpha value is -4.14. The lowest BCUT2D eigenvalue weighted by Crippen LogP contribution is -2.40. The van der Waals surface area contributed by atoms with E-state index in [1.807, 2.05) is 13.8 Å². The molecule has 3 rings (SSSR count). The molecule has 0 aromatic heterocycles. The summed E-state index contributed by atoms with van der Waals surface area (Å²) in [6.07, 6.45) is 3.18. The van der Waals surface area contributed by atoms with Crippen molar-refractivity contribution >= 4 is 27.6 Å². The van der Waals surface area contributed by atoms with Crippen molar-refractivity contribution in [1.82, 2.24) is 4.31 Å². The highest BCUT2D eigenvalue weighted by Gasteiger charge is 2.43. The monoisotopic (exact) mass is 580 g/mol. The molecule has 0 saturated carbocycles. The van der Waals surface area contributed by atoms with Gasteiger partial charge in [0.2, 0.25) is 10.0 Å². The van der Waals surface area contributed by atoms with Crippen molar-refractivity contribution in [3.8, 4) is 6.07 Å². The van der Waals surface area contributed by atoms with E-state index in [0.717, 1.165) is 32.8 Å². The maximum absolute atomic E-state index is 13.5. The van der Waals surface area contributed by atoms with Crippen LogP contribution in [0.25, 0.3) is 0 Å². The van der Waals surface area contributed by atoms with Gasteiger partial charge in [-0.2, -0.15) is 9.57 Å². The number of unbranched alkanes of at least 4 members (excludes halogenated alkanes) is 2. The molecule has 0 bridgehead atoms. The van der Waals surface area contributed by atoms with Crippen LogP contribution in [-0.2, 0) is 29.1 Å². The number of anilines is 1. The van der Waals surface area contributed by atoms with Gasteiger partial charge >= 0.3 is 11.9 Å². The minimum absolute atomic E-state index is 0.0197. The highest BCUT2D eigenvalue weighted by molar-refractivity contribution is 7.89. The van der Waals surface area contributed by atoms with Crippen molar-refractivity contribution in [3.05, 3.63) is 82.8 Å². The van der Waals surface area contributed by atoms with Crippen molar-refractivity contribution in [2.45, 2.75) is 50.3 Å². The van der Waals surface area contributed by atoms with Gasteiger partial charge in [-0.15, -0.1) is 0 Å². The summed E-state index contributed by atoms with van der Waals surface area (Å²) in [4.78, 5) is 27.7. The van der Waals surface area contributed by atoms with Crippen LogP contribution in [0.15, 0.2) is 82.2 Å². The number of allylic oxidation sites excluding steroid dienone is 1. The van der Waals surface area contributed by atoms with E-state index in [2.05, 4.69) is 6.07 Å². The lowest BCUT2D eigenvalue weighted by Gasteiger charge is -2.36. The molecule has 1 unspecified atom stereocenters. The predicted octanol–water partition coefficient (Wildman–Crippen LogP) is 4.18. The average Bonchev–Trinajstić information content (AvgIpc) is 3.00. The van der Waals surface area contributed by atoms with E-state index < -0.39 is 27.9 Å². The van der Waals surface area contributed by atoms with E-state index in [0.29, 0.717) is 18.7 Å². The van der Waals surface area contributed by atoms with Gasteiger partial charge in [0.05, 0.1) is 42.2 Å². The summed E-state index contributed by atoms with van der Waals surface area (Å²) in [5.74, 6) is -2.82. The van der Waals surface area contributed by atoms with Gasteiger partial charge in [0, 0.05) is 18.8 Å². The van der Waals surface area contributed by atoms with E-state index in [-0.39, 0.29) is 33.2 Å². The first kappa shape index (κ1) is 31.4. The van der Waals surface area contributed by atoms with Crippen LogP contribution in [0.1, 0.15) is 51.0 Å². The molecule has 0 amide bonds. The van der Waals surface area contributed by atoms with E-state index in [1.54, 1.807) is 30.3 Å². The zero-order valence-electron chi connectivity index (χ0n) is 23.8. The number of rotatable bonds is 12. The zero-order chi connectivity index (χ0) is 30.2. The Morgan fingerprint density at radius 1 is 0.951 bits per heavy atom. The Balaban J connectivity index is 2.20. The maximum Gasteiger partial charge on any atom is 0.355 e. The number of nitrogens with two attached hydrogens (primary N) is 1. The van der Waals surface area contributed by atoms with Crippen molar-refractivity contribution in [1.29, 1.82) is 5.26 Å². The number of esters is 2. The van der Waals surface area contributed by atoms with Crippen molar-refractivity contribution in [2.24, 2.45) is 5.73 Å². The Kier molecular flexibility index (Phi) is 10.7. The minimum atomic E-state index is -3.79. The van der Waals surface area contributed by atoms with E-state index in [9.17, 15) is 23.3 Å².